The zero-order chi connectivity index (χ0) is 8.70. The Morgan fingerprint density at radius 2 is 1.82 bits per heavy atom. The van der Waals surface area contributed by atoms with E-state index in [0.29, 0.717) is 0 Å². The second-order valence-corrected chi connectivity index (χ2v) is 6.84. The Morgan fingerprint density at radius 3 is 2.18 bits per heavy atom. The average Bonchev–Trinajstić information content (AvgIpc) is 1.81. The van der Waals surface area contributed by atoms with E-state index in [1.54, 1.807) is 0 Å². The minimum absolute atomic E-state index is 0.00926. The van der Waals surface area contributed by atoms with Crippen LogP contribution in [0.1, 0.15) is 6.92 Å². The van der Waals surface area contributed by atoms with Crippen molar-refractivity contribution in [3.05, 3.63) is 0 Å². The van der Waals surface area contributed by atoms with Crippen molar-refractivity contribution in [2.45, 2.75) is 12.2 Å². The Morgan fingerprint density at radius 1 is 1.27 bits per heavy atom. The van der Waals surface area contributed by atoms with E-state index in [2.05, 4.69) is 4.18 Å². The fourth-order valence-corrected chi connectivity index (χ4v) is 4.40. The normalized spacial score (nSPS) is 41.0. The summed E-state index contributed by atoms with van der Waals surface area (Å²) >= 11 is 0. The van der Waals surface area contributed by atoms with Gasteiger partial charge < -0.3 is 9.11 Å². The van der Waals surface area contributed by atoms with Crippen LogP contribution >= 0.6 is 21.5 Å². The van der Waals surface area contributed by atoms with Gasteiger partial charge in [0.1, 0.15) is 0 Å². The Balaban J connectivity index is 2.63. The van der Waals surface area contributed by atoms with Crippen LogP contribution in [0.5, 0.6) is 0 Å². The molecule has 0 aromatic heterocycles. The van der Waals surface area contributed by atoms with Crippen molar-refractivity contribution in [3.63, 3.8) is 0 Å². The Hall–Kier alpha value is 0.500. The topological polar surface area (TPSA) is 90.2 Å². The minimum atomic E-state index is -3.03. The maximum absolute atomic E-state index is 9.08. The molecular formula is C4H12O5S2. The van der Waals surface area contributed by atoms with Gasteiger partial charge in [-0.3, -0.25) is 13.3 Å². The predicted molar refractivity (Wildman–Crippen MR) is 46.0 cm³/mol. The second kappa shape index (κ2) is 2.77. The van der Waals surface area contributed by atoms with Crippen molar-refractivity contribution in [3.8, 4) is 0 Å². The Bertz CT molecular complexity index is 159. The SMILES string of the molecule is CC1CS(O)(O)COS1(O)O. The first-order valence-corrected chi connectivity index (χ1v) is 6.40. The third-order valence-electron chi connectivity index (χ3n) is 1.44. The molecule has 1 saturated heterocycles. The fourth-order valence-electron chi connectivity index (χ4n) is 0.777. The maximum Gasteiger partial charge on any atom is 0.152 e. The van der Waals surface area contributed by atoms with Crippen molar-refractivity contribution in [1.82, 2.24) is 0 Å². The molecule has 1 atom stereocenters. The molecule has 1 heterocycles. The van der Waals surface area contributed by atoms with Gasteiger partial charge >= 0.3 is 0 Å². The van der Waals surface area contributed by atoms with Crippen LogP contribution in [0, 0.1) is 0 Å². The highest BCUT2D eigenvalue weighted by molar-refractivity contribution is 8.28. The van der Waals surface area contributed by atoms with Crippen molar-refractivity contribution < 1.29 is 22.4 Å². The lowest BCUT2D eigenvalue weighted by Gasteiger charge is -2.46. The molecule has 0 spiro atoms. The van der Waals surface area contributed by atoms with Gasteiger partial charge in [0.15, 0.2) is 5.94 Å². The molecule has 1 fully saturated rings. The second-order valence-electron chi connectivity index (χ2n) is 2.55. The highest BCUT2D eigenvalue weighted by Gasteiger charge is 2.37. The molecule has 0 saturated carbocycles. The molecule has 5 nitrogen and oxygen atoms in total. The van der Waals surface area contributed by atoms with Gasteiger partial charge in [0, 0.05) is 0 Å². The van der Waals surface area contributed by atoms with Crippen molar-refractivity contribution in [2.24, 2.45) is 0 Å². The van der Waals surface area contributed by atoms with Crippen LogP contribution < -0.4 is 0 Å². The van der Waals surface area contributed by atoms with Gasteiger partial charge in [0.25, 0.3) is 0 Å². The summed E-state index contributed by atoms with van der Waals surface area (Å²) in [6, 6.07) is 0. The van der Waals surface area contributed by atoms with Gasteiger partial charge in [-0.05, 0) is 6.92 Å². The molecule has 70 valence electrons. The summed E-state index contributed by atoms with van der Waals surface area (Å²) in [6.45, 7) is 1.52. The Labute approximate surface area is 68.3 Å². The molecule has 11 heavy (non-hydrogen) atoms. The monoisotopic (exact) mass is 204 g/mol. The van der Waals surface area contributed by atoms with Crippen LogP contribution in [0.4, 0.5) is 0 Å². The summed E-state index contributed by atoms with van der Waals surface area (Å²) < 4.78 is 40.9. The molecule has 1 unspecified atom stereocenters. The van der Waals surface area contributed by atoms with Crippen molar-refractivity contribution >= 4 is 21.5 Å². The van der Waals surface area contributed by atoms with Gasteiger partial charge in [-0.25, -0.2) is 0 Å². The molecule has 4 N–H and O–H groups in total. The highest BCUT2D eigenvalue weighted by Crippen LogP contribution is 2.58. The third kappa shape index (κ3) is 2.22. The molecule has 1 aliphatic heterocycles. The van der Waals surface area contributed by atoms with E-state index in [9.17, 15) is 0 Å². The van der Waals surface area contributed by atoms with Crippen LogP contribution in [-0.2, 0) is 4.18 Å². The Kier molecular flexibility index (Phi) is 2.41. The third-order valence-corrected chi connectivity index (χ3v) is 5.01. The largest absolute Gasteiger partial charge is 0.308 e. The van der Waals surface area contributed by atoms with Gasteiger partial charge in [-0.1, -0.05) is 0 Å². The summed E-state index contributed by atoms with van der Waals surface area (Å²) in [5.74, 6) is -0.352. The molecule has 0 aromatic carbocycles. The molecule has 0 aromatic rings. The quantitative estimate of drug-likeness (QED) is 0.483. The van der Waals surface area contributed by atoms with Crippen LogP contribution in [0.3, 0.4) is 0 Å². The highest BCUT2D eigenvalue weighted by atomic mass is 32.3. The van der Waals surface area contributed by atoms with Crippen LogP contribution in [0.2, 0.25) is 0 Å². The molecule has 0 radical (unpaired) electrons. The van der Waals surface area contributed by atoms with E-state index in [4.69, 9.17) is 18.2 Å². The number of hydrogen-bond donors (Lipinski definition) is 4. The molecule has 1 rings (SSSR count). The smallest absolute Gasteiger partial charge is 0.152 e. The lowest BCUT2D eigenvalue weighted by molar-refractivity contribution is 0.272. The summed E-state index contributed by atoms with van der Waals surface area (Å²) in [5.41, 5.74) is 0. The van der Waals surface area contributed by atoms with Crippen LogP contribution in [0.25, 0.3) is 0 Å². The van der Waals surface area contributed by atoms with Crippen molar-refractivity contribution in [2.75, 3.05) is 11.7 Å². The molecular weight excluding hydrogens is 192 g/mol. The lowest BCUT2D eigenvalue weighted by atomic mass is 10.6. The van der Waals surface area contributed by atoms with Crippen molar-refractivity contribution in [1.29, 1.82) is 0 Å². The van der Waals surface area contributed by atoms with E-state index in [1.807, 2.05) is 0 Å². The fraction of sp³-hybridized carbons (Fsp3) is 1.00. The zero-order valence-electron chi connectivity index (χ0n) is 6.01. The average molecular weight is 204 g/mol. The standard InChI is InChI=1S/C4H12O5S2/c1-4-2-10(5,6)3-9-11(4,7)8/h4-8H,2-3H2,1H3. The van der Waals surface area contributed by atoms with E-state index in [0.717, 1.165) is 0 Å². The molecule has 0 bridgehead atoms. The molecule has 0 amide bonds. The molecule has 7 heteroatoms. The lowest BCUT2D eigenvalue weighted by Crippen LogP contribution is -2.31. The van der Waals surface area contributed by atoms with E-state index >= 15 is 0 Å². The number of rotatable bonds is 0. The van der Waals surface area contributed by atoms with Gasteiger partial charge in [0.05, 0.1) is 21.9 Å². The van der Waals surface area contributed by atoms with Gasteiger partial charge in [0.2, 0.25) is 0 Å². The van der Waals surface area contributed by atoms with E-state index in [1.165, 1.54) is 6.92 Å². The summed E-state index contributed by atoms with van der Waals surface area (Å²) in [4.78, 5) is 0. The minimum Gasteiger partial charge on any atom is -0.308 e. The van der Waals surface area contributed by atoms with Crippen LogP contribution in [-0.4, -0.2) is 35.2 Å². The summed E-state index contributed by atoms with van der Waals surface area (Å²) in [6.07, 6.45) is 0. The number of hydrogen-bond acceptors (Lipinski definition) is 5. The van der Waals surface area contributed by atoms with Gasteiger partial charge in [-0.2, -0.15) is 10.6 Å². The molecule has 0 aliphatic carbocycles. The summed E-state index contributed by atoms with van der Waals surface area (Å²) in [5, 5.41) is -0.596. The van der Waals surface area contributed by atoms with E-state index in [-0.39, 0.29) is 11.7 Å². The summed E-state index contributed by atoms with van der Waals surface area (Å²) in [7, 11) is -5.76. The van der Waals surface area contributed by atoms with E-state index < -0.39 is 26.7 Å². The zero-order valence-corrected chi connectivity index (χ0v) is 7.64. The first kappa shape index (κ1) is 9.59. The predicted octanol–water partition coefficient (Wildman–Crippen LogP) is 1.78. The first-order valence-electron chi connectivity index (χ1n) is 2.98. The molecule has 1 aliphatic rings. The van der Waals surface area contributed by atoms with Gasteiger partial charge in [-0.15, -0.1) is 0 Å². The first-order chi connectivity index (χ1) is 4.83. The van der Waals surface area contributed by atoms with Crippen LogP contribution in [0.15, 0.2) is 0 Å². The maximum atomic E-state index is 9.08.